The first-order valence-electron chi connectivity index (χ1n) is 9.76. The van der Waals surface area contributed by atoms with Gasteiger partial charge in [-0.3, -0.25) is 9.59 Å². The first kappa shape index (κ1) is 20.3. The van der Waals surface area contributed by atoms with E-state index in [2.05, 4.69) is 4.98 Å². The lowest BCUT2D eigenvalue weighted by Crippen LogP contribution is -2.32. The minimum absolute atomic E-state index is 0.0824. The van der Waals surface area contributed by atoms with Crippen molar-refractivity contribution < 1.29 is 23.5 Å². The summed E-state index contributed by atoms with van der Waals surface area (Å²) in [4.78, 5) is 31.1. The largest absolute Gasteiger partial charge is 0.503 e. The van der Waals surface area contributed by atoms with Gasteiger partial charge in [0, 0.05) is 25.5 Å². The third-order valence-corrected chi connectivity index (χ3v) is 5.05. The van der Waals surface area contributed by atoms with Crippen molar-refractivity contribution in [3.63, 3.8) is 0 Å². The van der Waals surface area contributed by atoms with E-state index in [0.717, 1.165) is 0 Å². The van der Waals surface area contributed by atoms with Crippen molar-refractivity contribution in [2.75, 3.05) is 6.54 Å². The number of allylic oxidation sites excluding steroid dienone is 1. The van der Waals surface area contributed by atoms with Gasteiger partial charge in [0.05, 0.1) is 24.2 Å². The number of halogens is 1. The average Bonchev–Trinajstić information content (AvgIpc) is 3.50. The Labute approximate surface area is 177 Å². The van der Waals surface area contributed by atoms with Gasteiger partial charge in [0.15, 0.2) is 11.5 Å². The molecule has 3 aromatic rings. The van der Waals surface area contributed by atoms with E-state index in [9.17, 15) is 19.1 Å². The number of hydrogen-bond acceptors (Lipinski definition) is 5. The van der Waals surface area contributed by atoms with E-state index in [-0.39, 0.29) is 12.1 Å². The molecule has 2 aromatic heterocycles. The second-order valence-corrected chi connectivity index (χ2v) is 7.09. The SMILES string of the molecule is O=C(/C=C/c1ccco1)C1=C(O)C(=O)N(CCCn2ccnc2)C1c1cccc(F)c1. The molecule has 0 aliphatic carbocycles. The minimum Gasteiger partial charge on any atom is -0.503 e. The normalized spacial score (nSPS) is 16.6. The number of furan rings is 1. The summed E-state index contributed by atoms with van der Waals surface area (Å²) in [5.41, 5.74) is 0.329. The van der Waals surface area contributed by atoms with Crippen molar-refractivity contribution >= 4 is 17.8 Å². The molecule has 1 aromatic carbocycles. The summed E-state index contributed by atoms with van der Waals surface area (Å²) in [7, 11) is 0. The molecular formula is C23H20FN3O4. The van der Waals surface area contributed by atoms with Gasteiger partial charge in [-0.15, -0.1) is 0 Å². The fraction of sp³-hybridized carbons (Fsp3) is 0.174. The lowest BCUT2D eigenvalue weighted by Gasteiger charge is -2.26. The van der Waals surface area contributed by atoms with Gasteiger partial charge in [-0.1, -0.05) is 12.1 Å². The second kappa shape index (κ2) is 8.83. The first-order valence-corrected chi connectivity index (χ1v) is 9.76. The molecule has 0 saturated heterocycles. The summed E-state index contributed by atoms with van der Waals surface area (Å²) in [6, 6.07) is 8.15. The molecule has 0 bridgehead atoms. The van der Waals surface area contributed by atoms with Crippen LogP contribution in [0, 0.1) is 5.82 Å². The number of nitrogens with zero attached hydrogens (tertiary/aromatic N) is 3. The fourth-order valence-electron chi connectivity index (χ4n) is 3.64. The molecule has 158 valence electrons. The van der Waals surface area contributed by atoms with Crippen LogP contribution in [0.3, 0.4) is 0 Å². The zero-order valence-electron chi connectivity index (χ0n) is 16.5. The highest BCUT2D eigenvalue weighted by Crippen LogP contribution is 2.38. The number of benzene rings is 1. The molecular weight excluding hydrogens is 401 g/mol. The molecule has 1 aliphatic heterocycles. The highest BCUT2D eigenvalue weighted by molar-refractivity contribution is 6.14. The van der Waals surface area contributed by atoms with E-state index in [0.29, 0.717) is 24.3 Å². The Balaban J connectivity index is 1.62. The van der Waals surface area contributed by atoms with Crippen LogP contribution < -0.4 is 0 Å². The summed E-state index contributed by atoms with van der Waals surface area (Å²) >= 11 is 0. The first-order chi connectivity index (χ1) is 15.0. The van der Waals surface area contributed by atoms with Crippen LogP contribution in [0.15, 0.2) is 83.2 Å². The predicted molar refractivity (Wildman–Crippen MR) is 110 cm³/mol. The van der Waals surface area contributed by atoms with Crippen LogP contribution >= 0.6 is 0 Å². The molecule has 4 rings (SSSR count). The number of carbonyl (C=O) groups is 2. The maximum atomic E-state index is 13.9. The number of aryl methyl sites for hydroxylation is 1. The van der Waals surface area contributed by atoms with Gasteiger partial charge in [0.25, 0.3) is 5.91 Å². The lowest BCUT2D eigenvalue weighted by molar-refractivity contribution is -0.129. The molecule has 0 radical (unpaired) electrons. The fourth-order valence-corrected chi connectivity index (χ4v) is 3.64. The van der Waals surface area contributed by atoms with Crippen LogP contribution in [0.2, 0.25) is 0 Å². The van der Waals surface area contributed by atoms with Gasteiger partial charge in [-0.25, -0.2) is 9.37 Å². The molecule has 3 heterocycles. The number of imidazole rings is 1. The van der Waals surface area contributed by atoms with Gasteiger partial charge in [-0.05, 0) is 48.4 Å². The molecule has 0 spiro atoms. The van der Waals surface area contributed by atoms with E-state index in [1.54, 1.807) is 36.9 Å². The van der Waals surface area contributed by atoms with E-state index in [1.807, 2.05) is 4.57 Å². The molecule has 1 N–H and O–H groups in total. The number of amides is 1. The maximum Gasteiger partial charge on any atom is 0.290 e. The highest BCUT2D eigenvalue weighted by atomic mass is 19.1. The monoisotopic (exact) mass is 421 g/mol. The number of rotatable bonds is 8. The van der Waals surface area contributed by atoms with Crippen molar-refractivity contribution in [1.82, 2.24) is 14.5 Å². The molecule has 7 nitrogen and oxygen atoms in total. The summed E-state index contributed by atoms with van der Waals surface area (Å²) in [6.45, 7) is 0.864. The third-order valence-electron chi connectivity index (χ3n) is 5.05. The van der Waals surface area contributed by atoms with Gasteiger partial charge in [0.1, 0.15) is 11.6 Å². The number of aliphatic hydroxyl groups is 1. The quantitative estimate of drug-likeness (QED) is 0.561. The summed E-state index contributed by atoms with van der Waals surface area (Å²) < 4.78 is 21.0. The van der Waals surface area contributed by atoms with Crippen molar-refractivity contribution in [3.05, 3.63) is 95.9 Å². The Kier molecular flexibility index (Phi) is 5.79. The van der Waals surface area contributed by atoms with Crippen LogP contribution in [0.4, 0.5) is 4.39 Å². The topological polar surface area (TPSA) is 88.6 Å². The van der Waals surface area contributed by atoms with Crippen molar-refractivity contribution in [2.45, 2.75) is 19.0 Å². The smallest absolute Gasteiger partial charge is 0.290 e. The van der Waals surface area contributed by atoms with Crippen molar-refractivity contribution in [1.29, 1.82) is 0 Å². The Morgan fingerprint density at radius 1 is 1.26 bits per heavy atom. The molecule has 1 aliphatic rings. The Bertz CT molecular complexity index is 1130. The number of ketones is 1. The maximum absolute atomic E-state index is 13.9. The zero-order chi connectivity index (χ0) is 21.8. The summed E-state index contributed by atoms with van der Waals surface area (Å²) in [6.07, 6.45) is 9.85. The molecule has 1 atom stereocenters. The Hall–Kier alpha value is -3.94. The van der Waals surface area contributed by atoms with Crippen LogP contribution in [0.5, 0.6) is 0 Å². The second-order valence-electron chi connectivity index (χ2n) is 7.09. The molecule has 0 fully saturated rings. The van der Waals surface area contributed by atoms with Gasteiger partial charge in [0.2, 0.25) is 0 Å². The van der Waals surface area contributed by atoms with E-state index in [1.165, 1.54) is 41.5 Å². The standard InChI is InChI=1S/C23H20FN3O4/c24-17-5-1-4-16(14-17)21-20(19(28)8-7-18-6-2-13-31-18)22(29)23(30)27(21)11-3-10-26-12-9-25-15-26/h1-2,4-9,12-15,21,29H,3,10-11H2/b8-7+. The predicted octanol–water partition coefficient (Wildman–Crippen LogP) is 3.68. The Morgan fingerprint density at radius 3 is 2.84 bits per heavy atom. The number of carbonyl (C=O) groups excluding carboxylic acids is 2. The highest BCUT2D eigenvalue weighted by Gasteiger charge is 2.42. The number of hydrogen-bond donors (Lipinski definition) is 1. The zero-order valence-corrected chi connectivity index (χ0v) is 16.5. The van der Waals surface area contributed by atoms with E-state index < -0.39 is 29.3 Å². The van der Waals surface area contributed by atoms with Gasteiger partial charge < -0.3 is 19.0 Å². The van der Waals surface area contributed by atoms with Crippen LogP contribution in [-0.2, 0) is 16.1 Å². The molecule has 8 heteroatoms. The van der Waals surface area contributed by atoms with Crippen LogP contribution in [0.1, 0.15) is 23.8 Å². The number of aromatic nitrogens is 2. The lowest BCUT2D eigenvalue weighted by atomic mass is 9.95. The summed E-state index contributed by atoms with van der Waals surface area (Å²) in [5, 5.41) is 10.5. The number of aliphatic hydroxyl groups excluding tert-OH is 1. The molecule has 31 heavy (non-hydrogen) atoms. The third kappa shape index (κ3) is 4.32. The van der Waals surface area contributed by atoms with Crippen LogP contribution in [-0.4, -0.2) is 37.8 Å². The molecule has 1 unspecified atom stereocenters. The van der Waals surface area contributed by atoms with E-state index in [4.69, 9.17) is 4.42 Å². The molecule has 1 amide bonds. The minimum atomic E-state index is -0.889. The summed E-state index contributed by atoms with van der Waals surface area (Å²) in [5.74, 6) is -1.86. The van der Waals surface area contributed by atoms with Gasteiger partial charge >= 0.3 is 0 Å². The van der Waals surface area contributed by atoms with E-state index >= 15 is 0 Å². The van der Waals surface area contributed by atoms with Gasteiger partial charge in [-0.2, -0.15) is 0 Å². The van der Waals surface area contributed by atoms with Crippen molar-refractivity contribution in [2.24, 2.45) is 0 Å². The van der Waals surface area contributed by atoms with Crippen LogP contribution in [0.25, 0.3) is 6.08 Å². The molecule has 0 saturated carbocycles. The average molecular weight is 421 g/mol. The Morgan fingerprint density at radius 2 is 2.13 bits per heavy atom. The van der Waals surface area contributed by atoms with Crippen molar-refractivity contribution in [3.8, 4) is 0 Å².